The Morgan fingerprint density at radius 1 is 0.321 bits per heavy atom. The fourth-order valence-electron chi connectivity index (χ4n) is 17.3. The van der Waals surface area contributed by atoms with E-state index in [-0.39, 0.29) is 21.3 Å². The zero-order valence-corrected chi connectivity index (χ0v) is 62.7. The third-order valence-electron chi connectivity index (χ3n) is 22.1. The number of nitrogens with zero attached hydrogens (tertiary/aromatic N) is 2. The van der Waals surface area contributed by atoms with Crippen LogP contribution in [-0.4, -0.2) is 17.5 Å². The van der Waals surface area contributed by atoms with Crippen molar-refractivity contribution in [2.75, 3.05) is 0 Å². The lowest BCUT2D eigenvalue weighted by Gasteiger charge is -2.47. The molecule has 2 aliphatic rings. The highest BCUT2D eigenvalue weighted by Crippen LogP contribution is 2.63. The van der Waals surface area contributed by atoms with Gasteiger partial charge >= 0.3 is 0 Å². The highest BCUT2D eigenvalue weighted by atomic mass is 79.9. The molecular formula is C99H65BBrN2O7P2. The molecule has 16 aromatic carbocycles. The number of furan rings is 2. The summed E-state index contributed by atoms with van der Waals surface area (Å²) in [5, 5.41) is 14.9. The molecule has 21 aromatic rings. The molecule has 0 fully saturated rings. The maximum atomic E-state index is 16.4. The van der Waals surface area contributed by atoms with Crippen molar-refractivity contribution >= 4 is 180 Å². The summed E-state index contributed by atoms with van der Waals surface area (Å²) in [5.41, 5.74) is 14.0. The summed E-state index contributed by atoms with van der Waals surface area (Å²) in [6.45, 7) is 0. The molecular weight excluding hydrogens is 1480 g/mol. The molecule has 0 aliphatic carbocycles. The smallest absolute Gasteiger partial charge is 0.200 e. The van der Waals surface area contributed by atoms with Gasteiger partial charge in [0.25, 0.3) is 0 Å². The van der Waals surface area contributed by atoms with E-state index in [0.29, 0.717) is 21.9 Å². The third-order valence-corrected chi connectivity index (χ3v) is 29.4. The highest BCUT2D eigenvalue weighted by Gasteiger charge is 2.55. The van der Waals surface area contributed by atoms with E-state index in [1.165, 1.54) is 21.5 Å². The number of ether oxygens (including phenoxy) is 1. The number of benzene rings is 16. The van der Waals surface area contributed by atoms with Gasteiger partial charge in [0.1, 0.15) is 45.0 Å². The van der Waals surface area contributed by atoms with Crippen LogP contribution in [0.4, 0.5) is 0 Å². The molecule has 0 amide bonds. The van der Waals surface area contributed by atoms with E-state index in [1.807, 2.05) is 212 Å². The second-order valence-corrected chi connectivity index (χ2v) is 34.3. The number of halogens is 1. The van der Waals surface area contributed by atoms with E-state index in [2.05, 4.69) is 183 Å². The predicted octanol–water partition coefficient (Wildman–Crippen LogP) is 23.4. The first-order chi connectivity index (χ1) is 54.1. The SMILES string of the molecule is C.O=P(c1ccccc1)(c1ccccc1)c1cc2oc3ccccc3c2cc1Br.O=P1(c2ccccc2)c2ccccc2C2(c3ccccc3Oc3cc(-n4c5ccccc5c5ccccc54)ccc32)c2cc3c(cc21)oc1ccccc13.O=c1c2ccccc2oc2cc(-n3c4ccccc4c4ccccc43)ccc12.[B]. The first-order valence-corrected chi connectivity index (χ1v) is 40.7. The van der Waals surface area contributed by atoms with Gasteiger partial charge in [-0.1, -0.05) is 268 Å². The molecule has 1 spiro atoms. The van der Waals surface area contributed by atoms with Crippen LogP contribution in [0, 0.1) is 0 Å². The van der Waals surface area contributed by atoms with Crippen molar-refractivity contribution in [1.29, 1.82) is 0 Å². The largest absolute Gasteiger partial charge is 0.457 e. The van der Waals surface area contributed by atoms with Gasteiger partial charge in [0, 0.05) is 122 Å². The zero-order chi connectivity index (χ0) is 73.4. The molecule has 23 rings (SSSR count). The van der Waals surface area contributed by atoms with Crippen LogP contribution in [0.2, 0.25) is 0 Å². The lowest BCUT2D eigenvalue weighted by molar-refractivity contribution is 0.435. The maximum absolute atomic E-state index is 16.4. The van der Waals surface area contributed by atoms with Gasteiger partial charge in [-0.2, -0.15) is 0 Å². The summed E-state index contributed by atoms with van der Waals surface area (Å²) < 4.78 is 62.0. The summed E-state index contributed by atoms with van der Waals surface area (Å²) in [6.07, 6.45) is 0. The molecule has 0 N–H and O–H groups in total. The van der Waals surface area contributed by atoms with E-state index in [4.69, 9.17) is 18.0 Å². The molecule has 112 heavy (non-hydrogen) atoms. The molecule has 0 saturated carbocycles. The molecule has 7 heterocycles. The van der Waals surface area contributed by atoms with Gasteiger partial charge in [0.15, 0.2) is 14.3 Å². The Bertz CT molecular complexity index is 7380. The molecule has 9 nitrogen and oxygen atoms in total. The Hall–Kier alpha value is -13.0. The molecule has 533 valence electrons. The van der Waals surface area contributed by atoms with Crippen LogP contribution < -0.4 is 42.0 Å². The summed E-state index contributed by atoms with van der Waals surface area (Å²) in [6, 6.07) is 124. The average Bonchev–Trinajstić information content (AvgIpc) is 0.679. The lowest BCUT2D eigenvalue weighted by Crippen LogP contribution is -2.48. The summed E-state index contributed by atoms with van der Waals surface area (Å²) in [5.74, 6) is 1.54. The normalized spacial score (nSPS) is 14.8. The minimum absolute atomic E-state index is 0. The van der Waals surface area contributed by atoms with Gasteiger partial charge < -0.3 is 36.3 Å². The third kappa shape index (κ3) is 10.5. The molecule has 0 saturated heterocycles. The second kappa shape index (κ2) is 27.2. The standard InChI is InChI=1S/C49H30NO3P.C25H15NO2.C24H16BrO2P.CH4.B/c51-54(32-14-2-1-3-15-32)47-25-13-8-20-39(47)49(40-29-36-35-18-6-11-23-43(35)52-45(36)30-48(40)54)37-19-7-12-24-44(37)53-46-28-31(26-27-38(46)49)50-41-21-9-4-16-33(41)34-17-5-10-22-42(34)50;27-25-19-9-3-6-12-23(19)28-24-15-16(13-14-20(24)25)26-21-10-4-1-7-17(21)18-8-2-5-11-22(18)26;25-21-15-20-19-13-7-8-14-22(19)27-23(20)16-24(21)28(26,17-9-3-1-4-10-17)18-11-5-2-6-12-18;;/h1-30H;1-15H;1-16H;1H4;. The van der Waals surface area contributed by atoms with Gasteiger partial charge in [-0.15, -0.1) is 0 Å². The highest BCUT2D eigenvalue weighted by molar-refractivity contribution is 9.10. The first-order valence-electron chi connectivity index (χ1n) is 36.5. The van der Waals surface area contributed by atoms with Crippen molar-refractivity contribution < 1.29 is 27.1 Å². The van der Waals surface area contributed by atoms with Crippen LogP contribution in [0.3, 0.4) is 0 Å². The topological polar surface area (TPSA) is 110 Å². The number of aromatic nitrogens is 2. The van der Waals surface area contributed by atoms with Crippen LogP contribution in [0.5, 0.6) is 11.5 Å². The molecule has 13 heteroatoms. The van der Waals surface area contributed by atoms with Crippen molar-refractivity contribution in [3.8, 4) is 22.9 Å². The van der Waals surface area contributed by atoms with Crippen molar-refractivity contribution in [2.45, 2.75) is 12.8 Å². The Morgan fingerprint density at radius 2 is 0.723 bits per heavy atom. The van der Waals surface area contributed by atoms with E-state index in [1.54, 1.807) is 0 Å². The molecule has 2 atom stereocenters. The molecule has 3 radical (unpaired) electrons. The number of hydrogen-bond donors (Lipinski definition) is 0. The monoisotopic (exact) mass is 1550 g/mol. The lowest BCUT2D eigenvalue weighted by atomic mass is 9.63. The Labute approximate surface area is 654 Å². The number of para-hydroxylation sites is 8. The van der Waals surface area contributed by atoms with Crippen molar-refractivity contribution in [2.24, 2.45) is 0 Å². The van der Waals surface area contributed by atoms with Gasteiger partial charge in [-0.05, 0) is 124 Å². The van der Waals surface area contributed by atoms with Crippen LogP contribution in [0.15, 0.2) is 393 Å². The van der Waals surface area contributed by atoms with E-state index in [9.17, 15) is 9.36 Å². The summed E-state index contributed by atoms with van der Waals surface area (Å²) in [7, 11) is -6.49. The molecule has 2 aliphatic heterocycles. The van der Waals surface area contributed by atoms with Gasteiger partial charge in [0.2, 0.25) is 5.43 Å². The van der Waals surface area contributed by atoms with Crippen LogP contribution in [0.25, 0.3) is 121 Å². The van der Waals surface area contributed by atoms with Crippen LogP contribution in [-0.2, 0) is 14.5 Å². The van der Waals surface area contributed by atoms with Crippen molar-refractivity contribution in [3.05, 3.63) is 407 Å². The minimum atomic E-state index is -3.42. The second-order valence-electron chi connectivity index (χ2n) is 28.0. The fraction of sp³-hybridized carbons (Fsp3) is 0.0202. The Morgan fingerprint density at radius 3 is 1.29 bits per heavy atom. The van der Waals surface area contributed by atoms with Crippen molar-refractivity contribution in [3.63, 3.8) is 0 Å². The average molecular weight is 1550 g/mol. The Kier molecular flexibility index (Phi) is 16.9. The van der Waals surface area contributed by atoms with Crippen molar-refractivity contribution in [1.82, 2.24) is 9.13 Å². The van der Waals surface area contributed by atoms with Crippen LogP contribution in [0.1, 0.15) is 29.7 Å². The predicted molar refractivity (Wildman–Crippen MR) is 467 cm³/mol. The van der Waals surface area contributed by atoms with E-state index >= 15 is 4.57 Å². The maximum Gasteiger partial charge on any atom is 0.200 e. The first kappa shape index (κ1) is 69.5. The van der Waals surface area contributed by atoms with Gasteiger partial charge in [0.05, 0.1) is 38.3 Å². The summed E-state index contributed by atoms with van der Waals surface area (Å²) in [4.78, 5) is 12.8. The molecule has 5 aromatic heterocycles. The minimum Gasteiger partial charge on any atom is -0.457 e. The molecule has 2 unspecified atom stereocenters. The van der Waals surface area contributed by atoms with Crippen LogP contribution >= 0.6 is 30.2 Å². The Balaban J connectivity index is 0.000000123. The number of hydrogen-bond acceptors (Lipinski definition) is 7. The fourth-order valence-corrected chi connectivity index (χ4v) is 24.3. The van der Waals surface area contributed by atoms with E-state index < -0.39 is 19.7 Å². The molecule has 0 bridgehead atoms. The number of rotatable bonds is 6. The quantitative estimate of drug-likeness (QED) is 0.0926. The van der Waals surface area contributed by atoms with Gasteiger partial charge in [-0.3, -0.25) is 4.79 Å². The number of fused-ring (bicyclic) bond motifs is 22. The zero-order valence-electron chi connectivity index (χ0n) is 59.3. The van der Waals surface area contributed by atoms with E-state index in [0.717, 1.165) is 147 Å². The summed E-state index contributed by atoms with van der Waals surface area (Å²) >= 11 is 3.70. The van der Waals surface area contributed by atoms with Gasteiger partial charge in [-0.25, -0.2) is 0 Å².